The number of hydrogen-bond donors (Lipinski definition) is 0. The Hall–Kier alpha value is -0.580. The standard InChI is InChI=1S/C13H18ClNO2S/c1-11(9-14)18(16,17)15-8-4-7-12-5-2-3-6-13(12)10-15/h2-3,5-6,11H,4,7-10H2,1H3. The third-order valence-corrected chi connectivity index (χ3v) is 6.27. The first-order valence-electron chi connectivity index (χ1n) is 6.17. The summed E-state index contributed by atoms with van der Waals surface area (Å²) in [4.78, 5) is 0. The highest BCUT2D eigenvalue weighted by Crippen LogP contribution is 2.22. The highest BCUT2D eigenvalue weighted by atomic mass is 35.5. The molecule has 18 heavy (non-hydrogen) atoms. The van der Waals surface area contributed by atoms with Gasteiger partial charge in [-0.1, -0.05) is 24.3 Å². The van der Waals surface area contributed by atoms with Gasteiger partial charge in [0.25, 0.3) is 0 Å². The summed E-state index contributed by atoms with van der Waals surface area (Å²) in [5.74, 6) is 0.139. The molecule has 0 spiro atoms. The van der Waals surface area contributed by atoms with Crippen molar-refractivity contribution in [3.8, 4) is 0 Å². The number of halogens is 1. The van der Waals surface area contributed by atoms with E-state index < -0.39 is 15.3 Å². The number of nitrogens with zero attached hydrogens (tertiary/aromatic N) is 1. The number of aryl methyl sites for hydroxylation is 1. The molecule has 100 valence electrons. The average molecular weight is 288 g/mol. The number of alkyl halides is 1. The van der Waals surface area contributed by atoms with E-state index in [4.69, 9.17) is 11.6 Å². The molecule has 1 heterocycles. The lowest BCUT2D eigenvalue weighted by Gasteiger charge is -2.23. The van der Waals surface area contributed by atoms with Crippen molar-refractivity contribution in [2.75, 3.05) is 12.4 Å². The third kappa shape index (κ3) is 2.71. The highest BCUT2D eigenvalue weighted by Gasteiger charge is 2.29. The predicted molar refractivity (Wildman–Crippen MR) is 74.3 cm³/mol. The maximum Gasteiger partial charge on any atom is 0.218 e. The van der Waals surface area contributed by atoms with Crippen LogP contribution >= 0.6 is 11.6 Å². The van der Waals surface area contributed by atoms with Gasteiger partial charge in [0, 0.05) is 19.0 Å². The first-order valence-corrected chi connectivity index (χ1v) is 8.21. The predicted octanol–water partition coefficient (Wildman–Crippen LogP) is 2.39. The van der Waals surface area contributed by atoms with Crippen LogP contribution < -0.4 is 0 Å². The van der Waals surface area contributed by atoms with Crippen LogP contribution in [0.5, 0.6) is 0 Å². The van der Waals surface area contributed by atoms with E-state index in [0.717, 1.165) is 18.4 Å². The maximum absolute atomic E-state index is 12.3. The summed E-state index contributed by atoms with van der Waals surface area (Å²) < 4.78 is 26.2. The highest BCUT2D eigenvalue weighted by molar-refractivity contribution is 7.89. The van der Waals surface area contributed by atoms with Crippen molar-refractivity contribution < 1.29 is 8.42 Å². The zero-order chi connectivity index (χ0) is 13.2. The molecule has 1 aliphatic heterocycles. The molecule has 0 saturated heterocycles. The summed E-state index contributed by atoms with van der Waals surface area (Å²) in [5, 5.41) is -0.524. The molecule has 1 aromatic rings. The van der Waals surface area contributed by atoms with Gasteiger partial charge in [-0.05, 0) is 30.9 Å². The van der Waals surface area contributed by atoms with Crippen LogP contribution in [0.3, 0.4) is 0 Å². The van der Waals surface area contributed by atoms with Crippen LogP contribution in [-0.2, 0) is 23.0 Å². The van der Waals surface area contributed by atoms with Gasteiger partial charge < -0.3 is 0 Å². The fraction of sp³-hybridized carbons (Fsp3) is 0.538. The van der Waals surface area contributed by atoms with Gasteiger partial charge in [-0.3, -0.25) is 0 Å². The van der Waals surface area contributed by atoms with Gasteiger partial charge in [-0.15, -0.1) is 11.6 Å². The first-order chi connectivity index (χ1) is 8.55. The van der Waals surface area contributed by atoms with Crippen LogP contribution in [0.1, 0.15) is 24.5 Å². The van der Waals surface area contributed by atoms with Gasteiger partial charge in [-0.2, -0.15) is 4.31 Å². The number of benzene rings is 1. The minimum absolute atomic E-state index is 0.139. The quantitative estimate of drug-likeness (QED) is 0.801. The lowest BCUT2D eigenvalue weighted by atomic mass is 10.0. The van der Waals surface area contributed by atoms with E-state index in [2.05, 4.69) is 6.07 Å². The smallest absolute Gasteiger partial charge is 0.212 e. The van der Waals surface area contributed by atoms with Crippen molar-refractivity contribution in [3.63, 3.8) is 0 Å². The van der Waals surface area contributed by atoms with E-state index in [1.54, 1.807) is 11.2 Å². The molecule has 1 atom stereocenters. The van der Waals surface area contributed by atoms with E-state index >= 15 is 0 Å². The average Bonchev–Trinajstić information content (AvgIpc) is 2.60. The van der Waals surface area contributed by atoms with Crippen molar-refractivity contribution in [1.82, 2.24) is 4.31 Å². The molecule has 0 aromatic heterocycles. The topological polar surface area (TPSA) is 37.4 Å². The second kappa shape index (κ2) is 5.59. The van der Waals surface area contributed by atoms with Crippen LogP contribution in [0, 0.1) is 0 Å². The van der Waals surface area contributed by atoms with Crippen molar-refractivity contribution in [3.05, 3.63) is 35.4 Å². The molecular weight excluding hydrogens is 270 g/mol. The fourth-order valence-corrected chi connectivity index (χ4v) is 4.07. The van der Waals surface area contributed by atoms with Crippen molar-refractivity contribution in [2.24, 2.45) is 0 Å². The van der Waals surface area contributed by atoms with Gasteiger partial charge in [-0.25, -0.2) is 8.42 Å². The van der Waals surface area contributed by atoms with Gasteiger partial charge in [0.05, 0.1) is 5.25 Å². The molecule has 0 fully saturated rings. The molecule has 0 saturated carbocycles. The number of sulfonamides is 1. The molecule has 3 nitrogen and oxygen atoms in total. The zero-order valence-corrected chi connectivity index (χ0v) is 12.0. The van der Waals surface area contributed by atoms with E-state index in [1.807, 2.05) is 18.2 Å². The normalized spacial score (nSPS) is 19.0. The Balaban J connectivity index is 2.28. The molecule has 0 bridgehead atoms. The fourth-order valence-electron chi connectivity index (χ4n) is 2.22. The molecule has 1 aliphatic rings. The lowest BCUT2D eigenvalue weighted by molar-refractivity contribution is 0.405. The minimum Gasteiger partial charge on any atom is -0.212 e. The summed E-state index contributed by atoms with van der Waals surface area (Å²) >= 11 is 5.69. The Morgan fingerprint density at radius 2 is 2.00 bits per heavy atom. The number of hydrogen-bond acceptors (Lipinski definition) is 2. The molecule has 0 radical (unpaired) electrons. The van der Waals surface area contributed by atoms with Crippen molar-refractivity contribution >= 4 is 21.6 Å². The molecule has 5 heteroatoms. The van der Waals surface area contributed by atoms with Gasteiger partial charge in [0.15, 0.2) is 0 Å². The van der Waals surface area contributed by atoms with Crippen LogP contribution in [0.2, 0.25) is 0 Å². The summed E-state index contributed by atoms with van der Waals surface area (Å²) in [7, 11) is -3.28. The molecule has 1 unspecified atom stereocenters. The van der Waals surface area contributed by atoms with E-state index in [-0.39, 0.29) is 5.88 Å². The Morgan fingerprint density at radius 1 is 1.33 bits per heavy atom. The SMILES string of the molecule is CC(CCl)S(=O)(=O)N1CCCc2ccccc2C1. The number of rotatable bonds is 3. The molecule has 2 rings (SSSR count). The maximum atomic E-state index is 12.3. The second-order valence-electron chi connectivity index (χ2n) is 4.72. The zero-order valence-electron chi connectivity index (χ0n) is 10.5. The summed E-state index contributed by atoms with van der Waals surface area (Å²) in [6.07, 6.45) is 1.81. The molecule has 0 N–H and O–H groups in total. The monoisotopic (exact) mass is 287 g/mol. The largest absolute Gasteiger partial charge is 0.218 e. The Labute approximate surface area is 114 Å². The summed E-state index contributed by atoms with van der Waals surface area (Å²) in [5.41, 5.74) is 2.37. The number of fused-ring (bicyclic) bond motifs is 1. The van der Waals surface area contributed by atoms with Crippen LogP contribution in [0.4, 0.5) is 0 Å². The summed E-state index contributed by atoms with van der Waals surface area (Å²) in [6, 6.07) is 8.05. The van der Waals surface area contributed by atoms with E-state index in [1.165, 1.54) is 5.56 Å². The third-order valence-electron chi connectivity index (χ3n) is 3.40. The van der Waals surface area contributed by atoms with E-state index in [9.17, 15) is 8.42 Å². The van der Waals surface area contributed by atoms with Crippen LogP contribution in [0.25, 0.3) is 0 Å². The Morgan fingerprint density at radius 3 is 2.67 bits per heavy atom. The molecule has 1 aromatic carbocycles. The first kappa shape index (κ1) is 13.8. The molecular formula is C13H18ClNO2S. The Bertz CT molecular complexity index is 515. The minimum atomic E-state index is -3.28. The van der Waals surface area contributed by atoms with Crippen LogP contribution in [-0.4, -0.2) is 30.4 Å². The lowest BCUT2D eigenvalue weighted by Crippen LogP contribution is -2.38. The van der Waals surface area contributed by atoms with Crippen LogP contribution in [0.15, 0.2) is 24.3 Å². The molecule has 0 amide bonds. The van der Waals surface area contributed by atoms with Crippen molar-refractivity contribution in [2.45, 2.75) is 31.6 Å². The van der Waals surface area contributed by atoms with Gasteiger partial charge in [0.1, 0.15) is 0 Å². The Kier molecular flexibility index (Phi) is 4.30. The molecule has 0 aliphatic carbocycles. The van der Waals surface area contributed by atoms with E-state index in [0.29, 0.717) is 13.1 Å². The summed E-state index contributed by atoms with van der Waals surface area (Å²) in [6.45, 7) is 2.72. The van der Waals surface area contributed by atoms with Gasteiger partial charge in [0.2, 0.25) is 10.0 Å². The van der Waals surface area contributed by atoms with Gasteiger partial charge >= 0.3 is 0 Å². The second-order valence-corrected chi connectivity index (χ2v) is 7.38. The van der Waals surface area contributed by atoms with Crippen molar-refractivity contribution in [1.29, 1.82) is 0 Å².